The fourth-order valence-corrected chi connectivity index (χ4v) is 5.26. The van der Waals surface area contributed by atoms with E-state index < -0.39 is 10.0 Å². The van der Waals surface area contributed by atoms with Crippen molar-refractivity contribution in [2.24, 2.45) is 0 Å². The topological polar surface area (TPSA) is 135 Å². The number of halogens is 2. The van der Waals surface area contributed by atoms with Gasteiger partial charge < -0.3 is 16.0 Å². The van der Waals surface area contributed by atoms with E-state index in [-0.39, 0.29) is 26.7 Å². The van der Waals surface area contributed by atoms with E-state index in [0.29, 0.717) is 41.1 Å². The number of benzene rings is 2. The van der Waals surface area contributed by atoms with Crippen molar-refractivity contribution >= 4 is 56.3 Å². The standard InChI is InChI=1S/C23H23Cl2N7O3S/c1-31(2)11-10-27-23(33)17-13-29-32-21(26)16(12-28-22(17)32)14-6-8-15(9-7-14)30-36(34,35)19-5-3-4-18(24)20(19)25/h3-9,12-13,30H,10-11,26H2,1-2H3,(H,27,33). The van der Waals surface area contributed by atoms with E-state index >= 15 is 0 Å². The lowest BCUT2D eigenvalue weighted by Gasteiger charge is -2.12. The average Bonchev–Trinajstić information content (AvgIpc) is 3.26. The summed E-state index contributed by atoms with van der Waals surface area (Å²) >= 11 is 12.0. The maximum atomic E-state index is 12.8. The zero-order chi connectivity index (χ0) is 26.0. The molecule has 1 amide bonds. The van der Waals surface area contributed by atoms with Crippen LogP contribution >= 0.6 is 23.2 Å². The van der Waals surface area contributed by atoms with E-state index in [1.807, 2.05) is 19.0 Å². The van der Waals surface area contributed by atoms with Crippen LogP contribution in [-0.2, 0) is 10.0 Å². The molecule has 2 heterocycles. The maximum absolute atomic E-state index is 12.8. The number of carbonyl (C=O) groups is 1. The lowest BCUT2D eigenvalue weighted by Crippen LogP contribution is -2.31. The summed E-state index contributed by atoms with van der Waals surface area (Å²) in [6, 6.07) is 10.9. The van der Waals surface area contributed by atoms with Crippen LogP contribution in [0.1, 0.15) is 10.4 Å². The van der Waals surface area contributed by atoms with Crippen LogP contribution in [0.3, 0.4) is 0 Å². The third kappa shape index (κ3) is 5.24. The van der Waals surface area contributed by atoms with Crippen LogP contribution in [0.15, 0.2) is 59.8 Å². The van der Waals surface area contributed by atoms with Crippen molar-refractivity contribution < 1.29 is 13.2 Å². The lowest BCUT2D eigenvalue weighted by atomic mass is 10.1. The zero-order valence-electron chi connectivity index (χ0n) is 19.4. The molecule has 0 saturated carbocycles. The summed E-state index contributed by atoms with van der Waals surface area (Å²) < 4.78 is 29.4. The molecule has 10 nitrogen and oxygen atoms in total. The van der Waals surface area contributed by atoms with Crippen molar-refractivity contribution in [3.05, 3.63) is 70.5 Å². The molecule has 0 aliphatic rings. The number of nitrogens with zero attached hydrogens (tertiary/aromatic N) is 4. The Balaban J connectivity index is 1.56. The van der Waals surface area contributed by atoms with Gasteiger partial charge in [-0.05, 0) is 43.9 Å². The van der Waals surface area contributed by atoms with Crippen molar-refractivity contribution in [3.8, 4) is 11.1 Å². The van der Waals surface area contributed by atoms with E-state index in [2.05, 4.69) is 20.1 Å². The molecule has 36 heavy (non-hydrogen) atoms. The van der Waals surface area contributed by atoms with Gasteiger partial charge in [-0.3, -0.25) is 9.52 Å². The molecule has 4 aromatic rings. The smallest absolute Gasteiger partial charge is 0.263 e. The molecule has 0 radical (unpaired) electrons. The highest BCUT2D eigenvalue weighted by molar-refractivity contribution is 7.92. The molecule has 13 heteroatoms. The number of hydrogen-bond acceptors (Lipinski definition) is 7. The number of fused-ring (bicyclic) bond motifs is 1. The number of hydrogen-bond donors (Lipinski definition) is 3. The first-order chi connectivity index (χ1) is 17.1. The summed E-state index contributed by atoms with van der Waals surface area (Å²) in [5.74, 6) is -0.00525. The first-order valence-corrected chi connectivity index (χ1v) is 12.9. The first-order valence-electron chi connectivity index (χ1n) is 10.7. The van der Waals surface area contributed by atoms with Gasteiger partial charge in [0.1, 0.15) is 16.3 Å². The predicted molar refractivity (Wildman–Crippen MR) is 141 cm³/mol. The molecule has 0 atom stereocenters. The van der Waals surface area contributed by atoms with Crippen molar-refractivity contribution in [2.75, 3.05) is 37.6 Å². The van der Waals surface area contributed by atoms with Crippen molar-refractivity contribution in [1.29, 1.82) is 0 Å². The number of nitrogens with one attached hydrogen (secondary N) is 2. The molecule has 4 rings (SSSR count). The average molecular weight is 548 g/mol. The van der Waals surface area contributed by atoms with E-state index in [1.165, 1.54) is 28.9 Å². The first kappa shape index (κ1) is 25.7. The normalized spacial score (nSPS) is 11.7. The van der Waals surface area contributed by atoms with Gasteiger partial charge in [0.2, 0.25) is 0 Å². The highest BCUT2D eigenvalue weighted by atomic mass is 35.5. The van der Waals surface area contributed by atoms with Gasteiger partial charge in [-0.2, -0.15) is 9.61 Å². The third-order valence-corrected chi connectivity index (χ3v) is 7.66. The molecule has 2 aromatic carbocycles. The van der Waals surface area contributed by atoms with Gasteiger partial charge >= 0.3 is 0 Å². The molecule has 0 spiro atoms. The van der Waals surface area contributed by atoms with E-state index in [9.17, 15) is 13.2 Å². The van der Waals surface area contributed by atoms with Crippen LogP contribution in [0, 0.1) is 0 Å². The fourth-order valence-electron chi connectivity index (χ4n) is 3.44. The largest absolute Gasteiger partial charge is 0.383 e. The lowest BCUT2D eigenvalue weighted by molar-refractivity contribution is 0.0952. The summed E-state index contributed by atoms with van der Waals surface area (Å²) in [5, 5.41) is 7.14. The summed E-state index contributed by atoms with van der Waals surface area (Å²) in [7, 11) is -0.119. The van der Waals surface area contributed by atoms with Gasteiger partial charge in [0, 0.05) is 30.5 Å². The van der Waals surface area contributed by atoms with Crippen molar-refractivity contribution in [2.45, 2.75) is 4.90 Å². The van der Waals surface area contributed by atoms with Crippen molar-refractivity contribution in [1.82, 2.24) is 24.8 Å². The summed E-state index contributed by atoms with van der Waals surface area (Å²) in [6.45, 7) is 1.18. The van der Waals surface area contributed by atoms with Crippen LogP contribution in [0.2, 0.25) is 10.0 Å². The Labute approximate surface area is 218 Å². The second kappa shape index (κ2) is 10.3. The fraction of sp³-hybridized carbons (Fsp3) is 0.174. The number of likely N-dealkylation sites (N-methyl/N-ethyl adjacent to an activating group) is 1. The number of amides is 1. The minimum absolute atomic E-state index is 0.0552. The third-order valence-electron chi connectivity index (χ3n) is 5.31. The molecule has 0 aliphatic heterocycles. The minimum atomic E-state index is -3.96. The number of rotatable bonds is 8. The predicted octanol–water partition coefficient (Wildman–Crippen LogP) is 3.38. The van der Waals surface area contributed by atoms with Gasteiger partial charge in [0.15, 0.2) is 5.65 Å². The Morgan fingerprint density at radius 1 is 1.11 bits per heavy atom. The summed E-state index contributed by atoms with van der Waals surface area (Å²) in [5.41, 5.74) is 8.55. The maximum Gasteiger partial charge on any atom is 0.263 e. The quantitative estimate of drug-likeness (QED) is 0.307. The molecule has 188 valence electrons. The van der Waals surface area contributed by atoms with Crippen LogP contribution in [0.4, 0.5) is 11.5 Å². The number of sulfonamides is 1. The second-order valence-corrected chi connectivity index (χ2v) is 10.6. The Morgan fingerprint density at radius 2 is 1.83 bits per heavy atom. The summed E-state index contributed by atoms with van der Waals surface area (Å²) in [4.78, 5) is 18.8. The number of nitrogens with two attached hydrogens (primary N) is 1. The van der Waals surface area contributed by atoms with E-state index in [1.54, 1.807) is 30.5 Å². The molecule has 2 aromatic heterocycles. The highest BCUT2D eigenvalue weighted by Crippen LogP contribution is 2.31. The molecule has 0 aliphatic carbocycles. The number of carbonyl (C=O) groups excluding carboxylic acids is 1. The Morgan fingerprint density at radius 3 is 2.53 bits per heavy atom. The second-order valence-electron chi connectivity index (χ2n) is 8.14. The van der Waals surface area contributed by atoms with Gasteiger partial charge in [-0.25, -0.2) is 13.4 Å². The van der Waals surface area contributed by atoms with Gasteiger partial charge in [0.05, 0.1) is 16.2 Å². The van der Waals surface area contributed by atoms with Crippen LogP contribution in [-0.4, -0.2) is 61.0 Å². The Kier molecular flexibility index (Phi) is 7.36. The molecule has 0 fully saturated rings. The Bertz CT molecular complexity index is 1540. The van der Waals surface area contributed by atoms with E-state index in [4.69, 9.17) is 28.9 Å². The van der Waals surface area contributed by atoms with Gasteiger partial charge in [0.25, 0.3) is 15.9 Å². The van der Waals surface area contributed by atoms with Crippen LogP contribution in [0.5, 0.6) is 0 Å². The zero-order valence-corrected chi connectivity index (χ0v) is 21.7. The van der Waals surface area contributed by atoms with Crippen LogP contribution < -0.4 is 15.8 Å². The van der Waals surface area contributed by atoms with Crippen molar-refractivity contribution in [3.63, 3.8) is 0 Å². The number of nitrogen functional groups attached to an aromatic ring is 1. The van der Waals surface area contributed by atoms with Crippen LogP contribution in [0.25, 0.3) is 16.8 Å². The SMILES string of the molecule is CN(C)CCNC(=O)c1cnn2c(N)c(-c3ccc(NS(=O)(=O)c4cccc(Cl)c4Cl)cc3)cnc12. The molecule has 0 bridgehead atoms. The highest BCUT2D eigenvalue weighted by Gasteiger charge is 2.20. The van der Waals surface area contributed by atoms with E-state index in [0.717, 1.165) is 0 Å². The van der Waals surface area contributed by atoms with Gasteiger partial charge in [-0.1, -0.05) is 41.4 Å². The molecule has 0 unspecified atom stereocenters. The van der Waals surface area contributed by atoms with Gasteiger partial charge in [-0.15, -0.1) is 0 Å². The molecule has 4 N–H and O–H groups in total. The minimum Gasteiger partial charge on any atom is -0.383 e. The summed E-state index contributed by atoms with van der Waals surface area (Å²) in [6.07, 6.45) is 2.97. The molecular formula is C23H23Cl2N7O3S. The molecule has 0 saturated heterocycles. The number of aromatic nitrogens is 3. The monoisotopic (exact) mass is 547 g/mol. The Hall–Kier alpha value is -3.38. The molecular weight excluding hydrogens is 525 g/mol. The number of anilines is 2.